The number of pyridine rings is 1. The van der Waals surface area contributed by atoms with E-state index in [-0.39, 0.29) is 35.8 Å². The highest BCUT2D eigenvalue weighted by molar-refractivity contribution is 7.89. The van der Waals surface area contributed by atoms with Gasteiger partial charge in [-0.25, -0.2) is 18.4 Å². The van der Waals surface area contributed by atoms with Crippen molar-refractivity contribution in [3.8, 4) is 16.9 Å². The predicted molar refractivity (Wildman–Crippen MR) is 132 cm³/mol. The third kappa shape index (κ3) is 5.67. The average molecular weight is 498 g/mol. The van der Waals surface area contributed by atoms with Crippen LogP contribution in [0.15, 0.2) is 66.2 Å². The summed E-state index contributed by atoms with van der Waals surface area (Å²) in [6.45, 7) is 4.86. The fourth-order valence-corrected chi connectivity index (χ4v) is 6.04. The van der Waals surface area contributed by atoms with Crippen molar-refractivity contribution in [2.24, 2.45) is 5.92 Å². The van der Waals surface area contributed by atoms with E-state index in [4.69, 9.17) is 4.74 Å². The molecule has 0 saturated heterocycles. The van der Waals surface area contributed by atoms with Gasteiger partial charge in [-0.3, -0.25) is 9.88 Å². The number of ether oxygens (including phenoxy) is 1. The Bertz CT molecular complexity index is 1230. The Morgan fingerprint density at radius 3 is 2.66 bits per heavy atom. The van der Waals surface area contributed by atoms with Crippen LogP contribution in [0.1, 0.15) is 19.5 Å². The first-order chi connectivity index (χ1) is 16.8. The fourth-order valence-electron chi connectivity index (χ4n) is 4.21. The molecule has 35 heavy (non-hydrogen) atoms. The second kappa shape index (κ2) is 10.8. The Morgan fingerprint density at radius 2 is 1.97 bits per heavy atom. The molecule has 3 heterocycles. The Morgan fingerprint density at radius 1 is 1.20 bits per heavy atom. The Labute approximate surface area is 206 Å². The lowest BCUT2D eigenvalue weighted by molar-refractivity contribution is 0.0731. The summed E-state index contributed by atoms with van der Waals surface area (Å²) in [6.07, 6.45) is 6.26. The van der Waals surface area contributed by atoms with E-state index in [1.807, 2.05) is 32.2 Å². The van der Waals surface area contributed by atoms with Crippen molar-refractivity contribution in [2.75, 3.05) is 26.7 Å². The lowest BCUT2D eigenvalue weighted by Gasteiger charge is -2.37. The van der Waals surface area contributed by atoms with Crippen LogP contribution in [0.25, 0.3) is 11.1 Å². The third-order valence-corrected chi connectivity index (χ3v) is 8.23. The molecule has 1 aliphatic heterocycles. The van der Waals surface area contributed by atoms with Crippen LogP contribution in [0.5, 0.6) is 5.75 Å². The van der Waals surface area contributed by atoms with Crippen molar-refractivity contribution >= 4 is 10.0 Å². The van der Waals surface area contributed by atoms with Crippen molar-refractivity contribution in [1.82, 2.24) is 24.2 Å². The monoisotopic (exact) mass is 497 g/mol. The minimum atomic E-state index is -3.89. The molecule has 0 fully saturated rings. The Kier molecular flexibility index (Phi) is 7.75. The van der Waals surface area contributed by atoms with Crippen molar-refractivity contribution in [3.63, 3.8) is 0 Å². The van der Waals surface area contributed by atoms with E-state index < -0.39 is 16.1 Å². The first-order valence-corrected chi connectivity index (χ1v) is 13.0. The summed E-state index contributed by atoms with van der Waals surface area (Å²) in [6, 6.07) is 10.3. The topological polar surface area (TPSA) is 109 Å². The molecule has 0 spiro atoms. The van der Waals surface area contributed by atoms with Gasteiger partial charge in [0.05, 0.1) is 12.3 Å². The van der Waals surface area contributed by atoms with E-state index in [1.165, 1.54) is 10.6 Å². The van der Waals surface area contributed by atoms with Crippen LogP contribution in [0.2, 0.25) is 0 Å². The molecule has 1 N–H and O–H groups in total. The van der Waals surface area contributed by atoms with Gasteiger partial charge in [-0.1, -0.05) is 19.1 Å². The van der Waals surface area contributed by atoms with Crippen LogP contribution in [0.3, 0.4) is 0 Å². The highest BCUT2D eigenvalue weighted by Gasteiger charge is 2.38. The molecule has 0 saturated carbocycles. The molecule has 3 atom stereocenters. The van der Waals surface area contributed by atoms with Gasteiger partial charge in [0.15, 0.2) is 0 Å². The van der Waals surface area contributed by atoms with Gasteiger partial charge in [-0.15, -0.1) is 0 Å². The zero-order valence-electron chi connectivity index (χ0n) is 20.2. The molecule has 0 amide bonds. The summed E-state index contributed by atoms with van der Waals surface area (Å²) < 4.78 is 35.1. The number of aliphatic hydroxyl groups excluding tert-OH is 1. The maximum atomic E-state index is 13.6. The molecule has 10 heteroatoms. The highest BCUT2D eigenvalue weighted by Crippen LogP contribution is 2.36. The summed E-state index contributed by atoms with van der Waals surface area (Å²) >= 11 is 0. The SMILES string of the molecule is C[C@H]1CN([C@@H](C)CO)S(=O)(=O)c2ccc(-c3cncnc3)cc2O[C@H]1CN(C)Cc1ccccn1. The number of hydrogen-bond donors (Lipinski definition) is 1. The largest absolute Gasteiger partial charge is 0.487 e. The molecule has 0 unspecified atom stereocenters. The fraction of sp³-hybridized carbons (Fsp3) is 0.400. The van der Waals surface area contributed by atoms with Gasteiger partial charge in [0.2, 0.25) is 10.0 Å². The first-order valence-electron chi connectivity index (χ1n) is 11.6. The molecule has 0 radical (unpaired) electrons. The molecule has 4 rings (SSSR count). The zero-order chi connectivity index (χ0) is 25.0. The molecule has 2 aromatic heterocycles. The number of hydrogen-bond acceptors (Lipinski definition) is 8. The Balaban J connectivity index is 1.72. The Hall–Kier alpha value is -2.92. The van der Waals surface area contributed by atoms with Crippen molar-refractivity contribution < 1.29 is 18.3 Å². The van der Waals surface area contributed by atoms with E-state index in [0.29, 0.717) is 13.1 Å². The van der Waals surface area contributed by atoms with Crippen LogP contribution in [0, 0.1) is 5.92 Å². The second-order valence-electron chi connectivity index (χ2n) is 9.05. The van der Waals surface area contributed by atoms with E-state index in [1.54, 1.807) is 43.7 Å². The van der Waals surface area contributed by atoms with Crippen molar-refractivity contribution in [3.05, 3.63) is 67.0 Å². The van der Waals surface area contributed by atoms with Crippen LogP contribution >= 0.6 is 0 Å². The number of sulfonamides is 1. The molecule has 0 bridgehead atoms. The molecular weight excluding hydrogens is 466 g/mol. The average Bonchev–Trinajstić information content (AvgIpc) is 2.86. The summed E-state index contributed by atoms with van der Waals surface area (Å²) in [5.74, 6) is 0.145. The van der Waals surface area contributed by atoms with Crippen LogP contribution in [-0.4, -0.2) is 76.6 Å². The zero-order valence-corrected chi connectivity index (χ0v) is 21.0. The number of likely N-dealkylation sites (N-methyl/N-ethyl adjacent to an activating group) is 1. The lowest BCUT2D eigenvalue weighted by Crippen LogP contribution is -2.49. The van der Waals surface area contributed by atoms with E-state index >= 15 is 0 Å². The van der Waals surface area contributed by atoms with Gasteiger partial charge in [0.25, 0.3) is 0 Å². The van der Waals surface area contributed by atoms with Gasteiger partial charge in [-0.2, -0.15) is 4.31 Å². The minimum absolute atomic E-state index is 0.0858. The summed E-state index contributed by atoms with van der Waals surface area (Å²) in [7, 11) is -1.90. The van der Waals surface area contributed by atoms with Gasteiger partial charge >= 0.3 is 0 Å². The molecule has 186 valence electrons. The van der Waals surface area contributed by atoms with Gasteiger partial charge in [-0.05, 0) is 43.8 Å². The number of fused-ring (bicyclic) bond motifs is 1. The van der Waals surface area contributed by atoms with Crippen LogP contribution < -0.4 is 4.74 Å². The molecular formula is C25H31N5O4S. The summed E-state index contributed by atoms with van der Waals surface area (Å²) in [5.41, 5.74) is 2.46. The maximum absolute atomic E-state index is 13.6. The predicted octanol–water partition coefficient (Wildman–Crippen LogP) is 2.44. The quantitative estimate of drug-likeness (QED) is 0.530. The minimum Gasteiger partial charge on any atom is -0.487 e. The summed E-state index contributed by atoms with van der Waals surface area (Å²) in [5, 5.41) is 9.82. The van der Waals surface area contributed by atoms with Crippen molar-refractivity contribution in [2.45, 2.75) is 37.4 Å². The summed E-state index contributed by atoms with van der Waals surface area (Å²) in [4.78, 5) is 14.7. The normalized spacial score (nSPS) is 20.9. The van der Waals surface area contributed by atoms with Crippen molar-refractivity contribution in [1.29, 1.82) is 0 Å². The number of rotatable bonds is 7. The number of benzene rings is 1. The van der Waals surface area contributed by atoms with E-state index in [9.17, 15) is 13.5 Å². The molecule has 1 aliphatic rings. The molecule has 1 aromatic carbocycles. The van der Waals surface area contributed by atoms with Crippen LogP contribution in [0.4, 0.5) is 0 Å². The number of aliphatic hydroxyl groups is 1. The number of aromatic nitrogens is 3. The lowest BCUT2D eigenvalue weighted by atomic mass is 10.0. The highest BCUT2D eigenvalue weighted by atomic mass is 32.2. The van der Waals surface area contributed by atoms with E-state index in [2.05, 4.69) is 19.9 Å². The molecule has 9 nitrogen and oxygen atoms in total. The molecule has 0 aliphatic carbocycles. The van der Waals surface area contributed by atoms with Gasteiger partial charge < -0.3 is 9.84 Å². The van der Waals surface area contributed by atoms with E-state index in [0.717, 1.165) is 16.8 Å². The smallest absolute Gasteiger partial charge is 0.247 e. The molecule has 3 aromatic rings. The maximum Gasteiger partial charge on any atom is 0.247 e. The first kappa shape index (κ1) is 25.2. The number of nitrogens with zero attached hydrogens (tertiary/aromatic N) is 5. The second-order valence-corrected chi connectivity index (χ2v) is 10.9. The van der Waals surface area contributed by atoms with Crippen LogP contribution in [-0.2, 0) is 16.6 Å². The van der Waals surface area contributed by atoms with Gasteiger partial charge in [0.1, 0.15) is 23.1 Å². The van der Waals surface area contributed by atoms with Gasteiger partial charge in [0, 0.05) is 55.7 Å². The third-order valence-electron chi connectivity index (χ3n) is 6.21. The standard InChI is InChI=1S/C25H31N5O4S/c1-18-13-30(19(2)16-31)35(32,33)25-8-7-20(21-11-26-17-27-12-21)10-23(25)34-24(18)15-29(3)14-22-6-4-5-9-28-22/h4-12,17-19,24,31H,13-16H2,1-3H3/t18-,19-,24-/m0/s1.